The van der Waals surface area contributed by atoms with Crippen molar-refractivity contribution in [1.29, 1.82) is 0 Å². The smallest absolute Gasteiger partial charge is 0.252 e. The van der Waals surface area contributed by atoms with Gasteiger partial charge in [0.1, 0.15) is 12.2 Å². The number of aliphatic hydroxyl groups excluding tert-OH is 2. The molecule has 0 aliphatic heterocycles. The van der Waals surface area contributed by atoms with E-state index in [-0.39, 0.29) is 49.5 Å². The number of hydrogen-bond donors (Lipinski definition) is 4. The van der Waals surface area contributed by atoms with E-state index in [2.05, 4.69) is 6.58 Å². The molecule has 5 atom stereocenters. The second kappa shape index (κ2) is 15.3. The number of amides is 1. The molecule has 0 heterocycles. The van der Waals surface area contributed by atoms with E-state index in [1.54, 1.807) is 40.7 Å². The lowest BCUT2D eigenvalue weighted by Crippen LogP contribution is -2.77. The van der Waals surface area contributed by atoms with E-state index >= 15 is 0 Å². The average molecular weight is 574 g/mol. The molecule has 5 unspecified atom stereocenters. The lowest BCUT2D eigenvalue weighted by atomic mass is 9.55. The van der Waals surface area contributed by atoms with Crippen LogP contribution in [0.2, 0.25) is 0 Å². The number of aldehydes is 1. The van der Waals surface area contributed by atoms with Crippen LogP contribution in [-0.4, -0.2) is 82.0 Å². The highest BCUT2D eigenvalue weighted by Crippen LogP contribution is 2.44. The van der Waals surface area contributed by atoms with Crippen LogP contribution in [0.25, 0.3) is 0 Å². The quantitative estimate of drug-likeness (QED) is 0.115. The fourth-order valence-electron chi connectivity index (χ4n) is 5.41. The van der Waals surface area contributed by atoms with Crippen LogP contribution in [-0.2, 0) is 29.4 Å². The van der Waals surface area contributed by atoms with Crippen LogP contribution in [0.15, 0.2) is 42.5 Å². The SMILES string of the molecule is C=C(C)CC(O)C(=O)N(C)C(C=O)(C(=O)C(N)CC(C)C)C(C(=O)CCN)(C(=O)C(O)CC(C)C)c1ccccc1. The number of benzene rings is 1. The maximum atomic E-state index is 14.6. The third kappa shape index (κ3) is 7.43. The van der Waals surface area contributed by atoms with Crippen LogP contribution in [0.3, 0.4) is 0 Å². The van der Waals surface area contributed by atoms with Crippen molar-refractivity contribution in [3.8, 4) is 0 Å². The van der Waals surface area contributed by atoms with Gasteiger partial charge >= 0.3 is 0 Å². The topological polar surface area (TPSA) is 181 Å². The Morgan fingerprint density at radius 1 is 0.976 bits per heavy atom. The van der Waals surface area contributed by atoms with Crippen LogP contribution < -0.4 is 11.5 Å². The summed E-state index contributed by atoms with van der Waals surface area (Å²) in [5, 5.41) is 22.0. The minimum absolute atomic E-state index is 0.0590. The highest BCUT2D eigenvalue weighted by molar-refractivity contribution is 6.26. The van der Waals surface area contributed by atoms with Gasteiger partial charge in [0.05, 0.1) is 6.04 Å². The first kappa shape index (κ1) is 36.0. The molecule has 41 heavy (non-hydrogen) atoms. The summed E-state index contributed by atoms with van der Waals surface area (Å²) in [6.07, 6.45) is -4.17. The van der Waals surface area contributed by atoms with Crippen molar-refractivity contribution in [2.75, 3.05) is 13.6 Å². The van der Waals surface area contributed by atoms with Gasteiger partial charge in [0.25, 0.3) is 5.91 Å². The molecule has 0 aromatic heterocycles. The number of nitrogens with zero attached hydrogens (tertiary/aromatic N) is 1. The fourth-order valence-corrected chi connectivity index (χ4v) is 5.41. The van der Waals surface area contributed by atoms with Gasteiger partial charge in [-0.3, -0.25) is 19.2 Å². The molecular formula is C31H47N3O7. The van der Waals surface area contributed by atoms with Gasteiger partial charge in [0.15, 0.2) is 34.6 Å². The summed E-state index contributed by atoms with van der Waals surface area (Å²) < 4.78 is 0. The number of likely N-dealkylation sites (N-methyl/N-ethyl adjacent to an activating group) is 1. The number of carbonyl (C=O) groups is 5. The maximum Gasteiger partial charge on any atom is 0.252 e. The molecule has 0 aliphatic rings. The monoisotopic (exact) mass is 573 g/mol. The number of ketones is 3. The van der Waals surface area contributed by atoms with Crippen molar-refractivity contribution in [2.24, 2.45) is 23.3 Å². The third-order valence-electron chi connectivity index (χ3n) is 7.23. The molecule has 1 aromatic carbocycles. The summed E-state index contributed by atoms with van der Waals surface area (Å²) in [4.78, 5) is 71.4. The van der Waals surface area contributed by atoms with Crippen LogP contribution in [0.5, 0.6) is 0 Å². The van der Waals surface area contributed by atoms with Gasteiger partial charge in [-0.25, -0.2) is 0 Å². The van der Waals surface area contributed by atoms with Crippen molar-refractivity contribution < 1.29 is 34.2 Å². The molecule has 0 fully saturated rings. The van der Waals surface area contributed by atoms with Gasteiger partial charge in [-0.15, -0.1) is 6.58 Å². The van der Waals surface area contributed by atoms with E-state index < -0.39 is 58.9 Å². The van der Waals surface area contributed by atoms with Crippen LogP contribution in [0.4, 0.5) is 0 Å². The molecule has 228 valence electrons. The zero-order valence-corrected chi connectivity index (χ0v) is 25.1. The van der Waals surface area contributed by atoms with Crippen molar-refractivity contribution in [3.63, 3.8) is 0 Å². The summed E-state index contributed by atoms with van der Waals surface area (Å²) in [6.45, 7) is 12.1. The zero-order chi connectivity index (χ0) is 31.7. The Morgan fingerprint density at radius 3 is 1.95 bits per heavy atom. The fraction of sp³-hybridized carbons (Fsp3) is 0.581. The maximum absolute atomic E-state index is 14.6. The summed E-state index contributed by atoms with van der Waals surface area (Å²) >= 11 is 0. The molecule has 0 bridgehead atoms. The largest absolute Gasteiger partial charge is 0.385 e. The second-order valence-electron chi connectivity index (χ2n) is 11.6. The molecule has 6 N–H and O–H groups in total. The van der Waals surface area contributed by atoms with Crippen molar-refractivity contribution in [1.82, 2.24) is 4.90 Å². The van der Waals surface area contributed by atoms with Gasteiger partial charge in [-0.1, -0.05) is 63.6 Å². The average Bonchev–Trinajstić information content (AvgIpc) is 2.89. The standard InChI is InChI=1S/C31H47N3O7/c1-19(2)15-23(33)27(39)30(18-35,34(7)29(41)25(37)17-21(5)6)31(26(38)13-14-32,22-11-9-8-10-12-22)28(40)24(36)16-20(3)4/h8-12,18-20,23-25,36-37H,5,13-17,32-33H2,1-4,6-7H3. The first-order valence-electron chi connectivity index (χ1n) is 13.9. The van der Waals surface area contributed by atoms with E-state index in [0.29, 0.717) is 10.5 Å². The minimum atomic E-state index is -2.88. The van der Waals surface area contributed by atoms with Crippen LogP contribution in [0, 0.1) is 11.8 Å². The van der Waals surface area contributed by atoms with E-state index in [4.69, 9.17) is 11.5 Å². The molecule has 1 rings (SSSR count). The molecule has 10 heteroatoms. The number of aliphatic hydroxyl groups is 2. The highest BCUT2D eigenvalue weighted by Gasteiger charge is 2.70. The molecule has 0 aliphatic carbocycles. The molecule has 0 radical (unpaired) electrons. The Balaban J connectivity index is 4.43. The summed E-state index contributed by atoms with van der Waals surface area (Å²) in [7, 11) is 1.08. The summed E-state index contributed by atoms with van der Waals surface area (Å²) in [5.41, 5.74) is 6.86. The Labute approximate surface area is 243 Å². The Kier molecular flexibility index (Phi) is 13.4. The number of Topliss-reactive ketones (excluding diaryl/α,β-unsaturated/α-hetero) is 3. The number of rotatable bonds is 18. The zero-order valence-electron chi connectivity index (χ0n) is 25.1. The lowest BCUT2D eigenvalue weighted by Gasteiger charge is -2.50. The van der Waals surface area contributed by atoms with Crippen molar-refractivity contribution in [2.45, 2.75) is 89.5 Å². The highest BCUT2D eigenvalue weighted by atomic mass is 16.3. The second-order valence-corrected chi connectivity index (χ2v) is 11.6. The Hall–Kier alpha value is -3.05. The first-order valence-corrected chi connectivity index (χ1v) is 13.9. The predicted octanol–water partition coefficient (Wildman–Crippen LogP) is 1.48. The summed E-state index contributed by atoms with van der Waals surface area (Å²) in [5.74, 6) is -4.60. The molecule has 1 aromatic rings. The minimum Gasteiger partial charge on any atom is -0.385 e. The number of hydrogen-bond acceptors (Lipinski definition) is 9. The number of carbonyl (C=O) groups excluding carboxylic acids is 5. The van der Waals surface area contributed by atoms with Gasteiger partial charge < -0.3 is 31.4 Å². The van der Waals surface area contributed by atoms with Crippen LogP contribution in [0.1, 0.15) is 65.9 Å². The predicted molar refractivity (Wildman–Crippen MR) is 157 cm³/mol. The van der Waals surface area contributed by atoms with Gasteiger partial charge in [0.2, 0.25) is 0 Å². The number of nitrogens with two attached hydrogens (primary N) is 2. The normalized spacial score (nSPS) is 16.7. The molecule has 0 saturated heterocycles. The van der Waals surface area contributed by atoms with E-state index in [1.807, 2.05) is 0 Å². The third-order valence-corrected chi connectivity index (χ3v) is 7.23. The van der Waals surface area contributed by atoms with E-state index in [0.717, 1.165) is 7.05 Å². The van der Waals surface area contributed by atoms with E-state index in [1.165, 1.54) is 24.3 Å². The summed E-state index contributed by atoms with van der Waals surface area (Å²) in [6, 6.07) is 6.00. The molecule has 1 amide bonds. The van der Waals surface area contributed by atoms with Gasteiger partial charge in [-0.05, 0) is 43.7 Å². The first-order chi connectivity index (χ1) is 19.1. The Bertz CT molecular complexity index is 1100. The molecule has 0 saturated carbocycles. The van der Waals surface area contributed by atoms with Crippen LogP contribution >= 0.6 is 0 Å². The van der Waals surface area contributed by atoms with Crippen molar-refractivity contribution in [3.05, 3.63) is 48.0 Å². The lowest BCUT2D eigenvalue weighted by molar-refractivity contribution is -0.167. The molecule has 0 spiro atoms. The van der Waals surface area contributed by atoms with Crippen molar-refractivity contribution >= 4 is 29.5 Å². The van der Waals surface area contributed by atoms with E-state index in [9.17, 15) is 34.2 Å². The molecule has 10 nitrogen and oxygen atoms in total. The Morgan fingerprint density at radius 2 is 1.51 bits per heavy atom. The molecular weight excluding hydrogens is 526 g/mol. The van der Waals surface area contributed by atoms with Gasteiger partial charge in [-0.2, -0.15) is 0 Å². The van der Waals surface area contributed by atoms with Gasteiger partial charge in [0, 0.05) is 19.9 Å².